The molecular formula is C12H10ClF3N2O. The molecule has 3 nitrogen and oxygen atoms in total. The third kappa shape index (κ3) is 3.26. The molecule has 1 N–H and O–H groups in total. The quantitative estimate of drug-likeness (QED) is 0.848. The lowest BCUT2D eigenvalue weighted by atomic mass is 10.0. The number of hydrogen-bond acceptors (Lipinski definition) is 3. The molecule has 102 valence electrons. The first-order chi connectivity index (χ1) is 8.88. The van der Waals surface area contributed by atoms with Gasteiger partial charge in [-0.2, -0.15) is 13.2 Å². The van der Waals surface area contributed by atoms with Gasteiger partial charge in [0.25, 0.3) is 0 Å². The van der Waals surface area contributed by atoms with Crippen LogP contribution in [0.3, 0.4) is 0 Å². The van der Waals surface area contributed by atoms with Crippen LogP contribution < -0.4 is 0 Å². The first-order valence-corrected chi connectivity index (χ1v) is 5.88. The number of phenols is 1. The molecular weight excluding hydrogens is 281 g/mol. The molecule has 0 saturated carbocycles. The van der Waals surface area contributed by atoms with Gasteiger partial charge in [-0.1, -0.05) is 11.6 Å². The maximum atomic E-state index is 12.7. The van der Waals surface area contributed by atoms with E-state index < -0.39 is 18.3 Å². The van der Waals surface area contributed by atoms with Crippen LogP contribution in [0.15, 0.2) is 28.2 Å². The minimum absolute atomic E-state index is 0.0142. The van der Waals surface area contributed by atoms with Crippen LogP contribution in [0.5, 0.6) is 5.75 Å². The van der Waals surface area contributed by atoms with Crippen molar-refractivity contribution in [2.75, 3.05) is 13.1 Å². The number of alkyl halides is 3. The Morgan fingerprint density at radius 2 is 1.84 bits per heavy atom. The molecule has 0 saturated heterocycles. The summed E-state index contributed by atoms with van der Waals surface area (Å²) in [5, 5.41) is 10.0. The summed E-state index contributed by atoms with van der Waals surface area (Å²) < 4.78 is 38.1. The fraction of sp³-hybridized carbons (Fsp3) is 0.333. The van der Waals surface area contributed by atoms with Gasteiger partial charge in [-0.05, 0) is 18.2 Å². The molecule has 7 heteroatoms. The van der Waals surface area contributed by atoms with Gasteiger partial charge in [0.1, 0.15) is 11.5 Å². The number of aliphatic imine (C=N–C) groups is 2. The summed E-state index contributed by atoms with van der Waals surface area (Å²) in [5.41, 5.74) is -0.525. The first-order valence-electron chi connectivity index (χ1n) is 5.50. The smallest absolute Gasteiger partial charge is 0.429 e. The molecule has 0 fully saturated rings. The molecule has 1 aromatic carbocycles. The Kier molecular flexibility index (Phi) is 3.80. The Labute approximate surface area is 112 Å². The number of benzene rings is 1. The van der Waals surface area contributed by atoms with Crippen molar-refractivity contribution in [2.45, 2.75) is 12.6 Å². The lowest BCUT2D eigenvalue weighted by molar-refractivity contribution is -0.0599. The van der Waals surface area contributed by atoms with Gasteiger partial charge in [-0.3, -0.25) is 9.98 Å². The van der Waals surface area contributed by atoms with Gasteiger partial charge in [-0.25, -0.2) is 0 Å². The summed E-state index contributed by atoms with van der Waals surface area (Å²) in [5.74, 6) is -0.147. The fourth-order valence-corrected chi connectivity index (χ4v) is 1.92. The molecule has 0 aliphatic carbocycles. The topological polar surface area (TPSA) is 45.0 Å². The van der Waals surface area contributed by atoms with Crippen molar-refractivity contribution in [3.63, 3.8) is 0 Å². The van der Waals surface area contributed by atoms with E-state index in [0.29, 0.717) is 5.02 Å². The van der Waals surface area contributed by atoms with Gasteiger partial charge in [-0.15, -0.1) is 0 Å². The molecule has 0 unspecified atom stereocenters. The largest absolute Gasteiger partial charge is 0.507 e. The van der Waals surface area contributed by atoms with E-state index in [2.05, 4.69) is 9.98 Å². The van der Waals surface area contributed by atoms with Gasteiger partial charge in [0, 0.05) is 17.0 Å². The number of nitrogens with zero attached hydrogens (tertiary/aromatic N) is 2. The number of phenolic OH excluding ortho intramolecular Hbond substituents is 1. The summed E-state index contributed by atoms with van der Waals surface area (Å²) in [6, 6.07) is 4.18. The van der Waals surface area contributed by atoms with E-state index >= 15 is 0 Å². The highest BCUT2D eigenvalue weighted by Gasteiger charge is 2.37. The molecule has 1 heterocycles. The average Bonchev–Trinajstić information content (AvgIpc) is 2.57. The second kappa shape index (κ2) is 5.21. The Morgan fingerprint density at radius 1 is 1.16 bits per heavy atom. The summed E-state index contributed by atoms with van der Waals surface area (Å²) >= 11 is 5.78. The van der Waals surface area contributed by atoms with Crippen LogP contribution in [-0.4, -0.2) is 35.8 Å². The van der Waals surface area contributed by atoms with Crippen LogP contribution in [0.1, 0.15) is 12.0 Å². The molecule has 1 aromatic rings. The van der Waals surface area contributed by atoms with E-state index in [1.165, 1.54) is 18.2 Å². The van der Waals surface area contributed by atoms with E-state index in [1.807, 2.05) is 0 Å². The summed E-state index contributed by atoms with van der Waals surface area (Å²) in [6.07, 6.45) is -4.95. The number of hydrogen-bond donors (Lipinski definition) is 1. The van der Waals surface area contributed by atoms with Gasteiger partial charge >= 0.3 is 6.18 Å². The fourth-order valence-electron chi connectivity index (χ4n) is 1.75. The highest BCUT2D eigenvalue weighted by atomic mass is 35.5. The Balaban J connectivity index is 2.37. The molecule has 0 spiro atoms. The minimum atomic E-state index is -4.49. The highest BCUT2D eigenvalue weighted by Crippen LogP contribution is 2.27. The molecule has 0 radical (unpaired) electrons. The molecule has 0 atom stereocenters. The van der Waals surface area contributed by atoms with E-state index in [0.717, 1.165) is 0 Å². The van der Waals surface area contributed by atoms with Crippen LogP contribution in [0, 0.1) is 0 Å². The zero-order valence-electron chi connectivity index (χ0n) is 9.71. The van der Waals surface area contributed by atoms with Gasteiger partial charge in [0.05, 0.1) is 18.8 Å². The van der Waals surface area contributed by atoms with Gasteiger partial charge in [0.15, 0.2) is 0 Å². The SMILES string of the molecule is Oc1ccc(Cl)cc1C1=NCCN=C(C(F)(F)F)C1. The molecule has 1 aliphatic heterocycles. The van der Waals surface area contributed by atoms with E-state index in [1.54, 1.807) is 0 Å². The summed E-state index contributed by atoms with van der Waals surface area (Å²) in [7, 11) is 0. The van der Waals surface area contributed by atoms with Crippen molar-refractivity contribution in [3.8, 4) is 5.75 Å². The van der Waals surface area contributed by atoms with Crippen molar-refractivity contribution in [2.24, 2.45) is 9.98 Å². The Hall–Kier alpha value is -1.56. The number of aromatic hydroxyl groups is 1. The average molecular weight is 291 g/mol. The standard InChI is InChI=1S/C12H10ClF3N2O/c13-7-1-2-10(19)8(5-7)9-6-11(12(14,15)16)18-4-3-17-9/h1-2,5,19H,3-4,6H2. The lowest BCUT2D eigenvalue weighted by Gasteiger charge is -2.11. The molecule has 0 amide bonds. The van der Waals surface area contributed by atoms with Gasteiger partial charge in [0.2, 0.25) is 0 Å². The van der Waals surface area contributed by atoms with Crippen molar-refractivity contribution in [1.29, 1.82) is 0 Å². The second-order valence-electron chi connectivity index (χ2n) is 3.99. The summed E-state index contributed by atoms with van der Waals surface area (Å²) in [6.45, 7) is 0.139. The summed E-state index contributed by atoms with van der Waals surface area (Å²) in [4.78, 5) is 7.53. The van der Waals surface area contributed by atoms with Crippen LogP contribution >= 0.6 is 11.6 Å². The third-order valence-electron chi connectivity index (χ3n) is 2.64. The van der Waals surface area contributed by atoms with Crippen molar-refractivity contribution >= 4 is 23.0 Å². The minimum Gasteiger partial charge on any atom is -0.507 e. The highest BCUT2D eigenvalue weighted by molar-refractivity contribution is 6.31. The molecule has 0 aromatic heterocycles. The Bertz CT molecular complexity index is 552. The van der Waals surface area contributed by atoms with Crippen LogP contribution in [0.4, 0.5) is 13.2 Å². The van der Waals surface area contributed by atoms with Crippen LogP contribution in [0.25, 0.3) is 0 Å². The zero-order chi connectivity index (χ0) is 14.0. The van der Waals surface area contributed by atoms with Crippen molar-refractivity contribution < 1.29 is 18.3 Å². The maximum Gasteiger partial charge on any atom is 0.429 e. The predicted molar refractivity (Wildman–Crippen MR) is 67.5 cm³/mol. The maximum absolute atomic E-state index is 12.7. The first kappa shape index (κ1) is 13.9. The zero-order valence-corrected chi connectivity index (χ0v) is 10.5. The third-order valence-corrected chi connectivity index (χ3v) is 2.87. The lowest BCUT2D eigenvalue weighted by Crippen LogP contribution is -2.25. The van der Waals surface area contributed by atoms with Gasteiger partial charge < -0.3 is 5.11 Å². The normalized spacial score (nSPS) is 16.6. The van der Waals surface area contributed by atoms with Crippen molar-refractivity contribution in [3.05, 3.63) is 28.8 Å². The van der Waals surface area contributed by atoms with E-state index in [-0.39, 0.29) is 30.1 Å². The molecule has 1 aliphatic rings. The van der Waals surface area contributed by atoms with E-state index in [9.17, 15) is 18.3 Å². The second-order valence-corrected chi connectivity index (χ2v) is 4.43. The van der Waals surface area contributed by atoms with Crippen LogP contribution in [0.2, 0.25) is 5.02 Å². The van der Waals surface area contributed by atoms with Crippen LogP contribution in [-0.2, 0) is 0 Å². The monoisotopic (exact) mass is 290 g/mol. The molecule has 19 heavy (non-hydrogen) atoms. The molecule has 2 rings (SSSR count). The number of rotatable bonds is 1. The Morgan fingerprint density at radius 3 is 2.53 bits per heavy atom. The molecule has 0 bridgehead atoms. The predicted octanol–water partition coefficient (Wildman–Crippen LogP) is 3.24. The number of halogens is 4. The van der Waals surface area contributed by atoms with E-state index in [4.69, 9.17) is 11.6 Å². The van der Waals surface area contributed by atoms with Crippen molar-refractivity contribution in [1.82, 2.24) is 0 Å².